The third-order valence-corrected chi connectivity index (χ3v) is 4.20. The zero-order valence-corrected chi connectivity index (χ0v) is 11.9. The highest BCUT2D eigenvalue weighted by Gasteiger charge is 2.19. The van der Waals surface area contributed by atoms with E-state index in [4.69, 9.17) is 28.9 Å². The molecule has 3 rings (SSSR count). The van der Waals surface area contributed by atoms with Crippen molar-refractivity contribution in [3.63, 3.8) is 0 Å². The van der Waals surface area contributed by atoms with Crippen LogP contribution in [0.15, 0.2) is 36.4 Å². The highest BCUT2D eigenvalue weighted by molar-refractivity contribution is 6.42. The molecule has 1 aliphatic rings. The van der Waals surface area contributed by atoms with E-state index in [0.717, 1.165) is 30.8 Å². The molecule has 2 aromatic carbocycles. The van der Waals surface area contributed by atoms with Crippen LogP contribution in [0, 0.1) is 0 Å². The number of fused-ring (bicyclic) bond motifs is 1. The smallest absolute Gasteiger partial charge is 0.0595 e. The van der Waals surface area contributed by atoms with Gasteiger partial charge < -0.3 is 10.6 Å². The number of hydrogen-bond donors (Lipinski definition) is 1. The fourth-order valence-electron chi connectivity index (χ4n) is 2.49. The van der Waals surface area contributed by atoms with Crippen LogP contribution < -0.4 is 10.6 Å². The topological polar surface area (TPSA) is 29.3 Å². The number of nitrogens with two attached hydrogens (primary N) is 1. The lowest BCUT2D eigenvalue weighted by atomic mass is 10.1. The van der Waals surface area contributed by atoms with E-state index < -0.39 is 0 Å². The number of hydrogen-bond acceptors (Lipinski definition) is 2. The maximum atomic E-state index is 6.05. The third-order valence-electron chi connectivity index (χ3n) is 3.46. The van der Waals surface area contributed by atoms with Crippen LogP contribution in [0.2, 0.25) is 10.0 Å². The number of anilines is 2. The number of rotatable bonds is 2. The Hall–Kier alpha value is -1.38. The Bertz CT molecular complexity index is 626. The van der Waals surface area contributed by atoms with Crippen molar-refractivity contribution in [1.29, 1.82) is 0 Å². The summed E-state index contributed by atoms with van der Waals surface area (Å²) < 4.78 is 0. The summed E-state index contributed by atoms with van der Waals surface area (Å²) in [5.74, 6) is 0. The SMILES string of the molecule is Nc1ccc2c(c1)N(Cc1ccc(Cl)c(Cl)c1)CC2. The number of nitrogens with zero attached hydrogens (tertiary/aromatic N) is 1. The summed E-state index contributed by atoms with van der Waals surface area (Å²) in [7, 11) is 0. The molecule has 0 aromatic heterocycles. The van der Waals surface area contributed by atoms with Gasteiger partial charge in [0.25, 0.3) is 0 Å². The van der Waals surface area contributed by atoms with E-state index in [0.29, 0.717) is 10.0 Å². The van der Waals surface area contributed by atoms with Gasteiger partial charge in [0.1, 0.15) is 0 Å². The van der Waals surface area contributed by atoms with Gasteiger partial charge in [-0.25, -0.2) is 0 Å². The summed E-state index contributed by atoms with van der Waals surface area (Å²) in [6.07, 6.45) is 1.07. The molecule has 0 fully saturated rings. The fraction of sp³-hybridized carbons (Fsp3) is 0.200. The molecule has 2 nitrogen and oxygen atoms in total. The minimum absolute atomic E-state index is 0.594. The van der Waals surface area contributed by atoms with E-state index in [2.05, 4.69) is 11.0 Å². The van der Waals surface area contributed by atoms with Gasteiger partial charge in [-0.15, -0.1) is 0 Å². The second-order valence-electron chi connectivity index (χ2n) is 4.81. The van der Waals surface area contributed by atoms with Crippen LogP contribution in [0.3, 0.4) is 0 Å². The van der Waals surface area contributed by atoms with E-state index in [1.54, 1.807) is 0 Å². The Balaban J connectivity index is 1.86. The van der Waals surface area contributed by atoms with Crippen molar-refractivity contribution in [2.75, 3.05) is 17.2 Å². The molecule has 1 heterocycles. The van der Waals surface area contributed by atoms with Crippen LogP contribution in [-0.2, 0) is 13.0 Å². The highest BCUT2D eigenvalue weighted by atomic mass is 35.5. The van der Waals surface area contributed by atoms with E-state index in [9.17, 15) is 0 Å². The largest absolute Gasteiger partial charge is 0.399 e. The summed E-state index contributed by atoms with van der Waals surface area (Å²) in [5.41, 5.74) is 10.4. The van der Waals surface area contributed by atoms with Crippen molar-refractivity contribution in [2.45, 2.75) is 13.0 Å². The van der Waals surface area contributed by atoms with Gasteiger partial charge in [0, 0.05) is 24.5 Å². The Kier molecular flexibility index (Phi) is 3.29. The molecule has 19 heavy (non-hydrogen) atoms. The lowest BCUT2D eigenvalue weighted by Gasteiger charge is -2.20. The third kappa shape index (κ3) is 2.51. The van der Waals surface area contributed by atoms with Crippen LogP contribution in [0.25, 0.3) is 0 Å². The molecule has 2 aromatic rings. The predicted molar refractivity (Wildman–Crippen MR) is 82.1 cm³/mol. The minimum Gasteiger partial charge on any atom is -0.399 e. The van der Waals surface area contributed by atoms with Crippen molar-refractivity contribution in [3.05, 3.63) is 57.6 Å². The van der Waals surface area contributed by atoms with E-state index in [-0.39, 0.29) is 0 Å². The molecule has 4 heteroatoms. The average Bonchev–Trinajstić information content (AvgIpc) is 2.77. The van der Waals surface area contributed by atoms with Crippen LogP contribution >= 0.6 is 23.2 Å². The van der Waals surface area contributed by atoms with Crippen molar-refractivity contribution < 1.29 is 0 Å². The molecule has 0 amide bonds. The number of benzene rings is 2. The minimum atomic E-state index is 0.594. The Morgan fingerprint density at radius 3 is 2.68 bits per heavy atom. The van der Waals surface area contributed by atoms with Crippen LogP contribution in [-0.4, -0.2) is 6.54 Å². The first-order chi connectivity index (χ1) is 9.13. The summed E-state index contributed by atoms with van der Waals surface area (Å²) in [6.45, 7) is 1.84. The second-order valence-corrected chi connectivity index (χ2v) is 5.62. The lowest BCUT2D eigenvalue weighted by molar-refractivity contribution is 0.836. The van der Waals surface area contributed by atoms with E-state index >= 15 is 0 Å². The molecular weight excluding hydrogens is 279 g/mol. The van der Waals surface area contributed by atoms with Gasteiger partial charge in [0.15, 0.2) is 0 Å². The molecule has 0 atom stereocenters. The van der Waals surface area contributed by atoms with Gasteiger partial charge in [-0.3, -0.25) is 0 Å². The fourth-order valence-corrected chi connectivity index (χ4v) is 2.81. The molecule has 2 N–H and O–H groups in total. The average molecular weight is 293 g/mol. The molecule has 0 aliphatic carbocycles. The Morgan fingerprint density at radius 1 is 1.05 bits per heavy atom. The lowest BCUT2D eigenvalue weighted by Crippen LogP contribution is -2.19. The molecule has 0 unspecified atom stereocenters. The molecule has 98 valence electrons. The van der Waals surface area contributed by atoms with Crippen molar-refractivity contribution >= 4 is 34.6 Å². The Morgan fingerprint density at radius 2 is 1.89 bits per heavy atom. The Labute approximate surface area is 122 Å². The van der Waals surface area contributed by atoms with Gasteiger partial charge in [0.2, 0.25) is 0 Å². The maximum Gasteiger partial charge on any atom is 0.0595 e. The van der Waals surface area contributed by atoms with E-state index in [1.165, 1.54) is 11.3 Å². The molecule has 1 aliphatic heterocycles. The normalized spacial score (nSPS) is 13.7. The second kappa shape index (κ2) is 4.95. The van der Waals surface area contributed by atoms with Gasteiger partial charge >= 0.3 is 0 Å². The monoisotopic (exact) mass is 292 g/mol. The molecule has 0 bridgehead atoms. The number of nitrogen functional groups attached to an aromatic ring is 1. The van der Waals surface area contributed by atoms with Crippen molar-refractivity contribution in [3.8, 4) is 0 Å². The molecular formula is C15H14Cl2N2. The highest BCUT2D eigenvalue weighted by Crippen LogP contribution is 2.32. The molecule has 0 saturated heterocycles. The quantitative estimate of drug-likeness (QED) is 0.843. The first-order valence-electron chi connectivity index (χ1n) is 6.21. The molecule has 0 radical (unpaired) electrons. The van der Waals surface area contributed by atoms with Gasteiger partial charge in [-0.2, -0.15) is 0 Å². The van der Waals surface area contributed by atoms with Gasteiger partial charge in [-0.1, -0.05) is 35.3 Å². The van der Waals surface area contributed by atoms with Crippen molar-refractivity contribution in [2.24, 2.45) is 0 Å². The summed E-state index contributed by atoms with van der Waals surface area (Å²) in [6, 6.07) is 11.9. The standard InChI is InChI=1S/C15H14Cl2N2/c16-13-4-1-10(7-14(13)17)9-19-6-5-11-2-3-12(18)8-15(11)19/h1-4,7-8H,5-6,9,18H2. The zero-order chi connectivity index (χ0) is 13.4. The molecule has 0 saturated carbocycles. The first kappa shape index (κ1) is 12.6. The zero-order valence-electron chi connectivity index (χ0n) is 10.4. The number of halogens is 2. The van der Waals surface area contributed by atoms with Crippen molar-refractivity contribution in [1.82, 2.24) is 0 Å². The summed E-state index contributed by atoms with van der Waals surface area (Å²) in [5, 5.41) is 1.20. The van der Waals surface area contributed by atoms with Crippen LogP contribution in [0.4, 0.5) is 11.4 Å². The maximum absolute atomic E-state index is 6.05. The van der Waals surface area contributed by atoms with E-state index in [1.807, 2.05) is 30.3 Å². The van der Waals surface area contributed by atoms with Gasteiger partial charge in [0.05, 0.1) is 10.0 Å². The predicted octanol–water partition coefficient (Wildman–Crippen LogP) is 4.14. The van der Waals surface area contributed by atoms with Gasteiger partial charge in [-0.05, 0) is 41.8 Å². The molecule has 0 spiro atoms. The van der Waals surface area contributed by atoms with Crippen LogP contribution in [0.1, 0.15) is 11.1 Å². The summed E-state index contributed by atoms with van der Waals surface area (Å²) >= 11 is 12.0. The van der Waals surface area contributed by atoms with Crippen LogP contribution in [0.5, 0.6) is 0 Å². The first-order valence-corrected chi connectivity index (χ1v) is 6.96. The summed E-state index contributed by atoms with van der Waals surface area (Å²) in [4.78, 5) is 2.32.